The molecule has 0 atom stereocenters. The summed E-state index contributed by atoms with van der Waals surface area (Å²) in [5, 5.41) is 3.40. The summed E-state index contributed by atoms with van der Waals surface area (Å²) in [4.78, 5) is 9.35. The van der Waals surface area contributed by atoms with Gasteiger partial charge in [-0.05, 0) is 63.3 Å². The van der Waals surface area contributed by atoms with Crippen molar-refractivity contribution in [2.24, 2.45) is 0 Å². The van der Waals surface area contributed by atoms with Gasteiger partial charge in [0.2, 0.25) is 0 Å². The SMILES string of the molecule is [2H]C([2H])([2H])c1c[c-]c(-c2ccc(C([2H])([2H])[2H])cn2)cc1.[Ir].[c-]1oc2ccc(-c3cccc4ccccc34)cc2c1-c1nc2ccccc2n1-c1c(-c2ccccc2)cccc1-c1ccccc1. The van der Waals surface area contributed by atoms with Crippen LogP contribution in [0.5, 0.6) is 0 Å². The summed E-state index contributed by atoms with van der Waals surface area (Å²) in [5.41, 5.74) is 13.0. The molecule has 4 nitrogen and oxygen atoms in total. The maximum atomic E-state index is 7.28. The molecule has 3 heterocycles. The first kappa shape index (κ1) is 32.7. The quantitative estimate of drug-likeness (QED) is 0.156. The maximum Gasteiger partial charge on any atom is 0.0774 e. The Kier molecular flexibility index (Phi) is 9.21. The molecule has 0 spiro atoms. The number of hydrogen-bond donors (Lipinski definition) is 0. The molecule has 8 aromatic carbocycles. The molecule has 11 rings (SSSR count). The summed E-state index contributed by atoms with van der Waals surface area (Å²) < 4.78 is 52.1. The zero-order valence-corrected chi connectivity index (χ0v) is 35.0. The van der Waals surface area contributed by atoms with Crippen LogP contribution in [0.1, 0.15) is 19.4 Å². The Balaban J connectivity index is 0.000000226. The van der Waals surface area contributed by atoms with Gasteiger partial charge in [-0.3, -0.25) is 4.98 Å². The van der Waals surface area contributed by atoms with Gasteiger partial charge in [0.15, 0.2) is 0 Å². The van der Waals surface area contributed by atoms with E-state index in [0.717, 1.165) is 66.9 Å². The summed E-state index contributed by atoms with van der Waals surface area (Å²) >= 11 is 0. The first-order chi connectivity index (χ1) is 32.0. The van der Waals surface area contributed by atoms with Crippen molar-refractivity contribution in [3.63, 3.8) is 0 Å². The smallest absolute Gasteiger partial charge is 0.0774 e. The molecule has 3 aromatic heterocycles. The number of furan rings is 1. The van der Waals surface area contributed by atoms with E-state index in [1.165, 1.54) is 40.7 Å². The normalized spacial score (nSPS) is 12.9. The van der Waals surface area contributed by atoms with Crippen molar-refractivity contribution < 1.29 is 32.7 Å². The molecule has 0 unspecified atom stereocenters. The van der Waals surface area contributed by atoms with Crippen molar-refractivity contribution in [2.45, 2.75) is 13.7 Å². The van der Waals surface area contributed by atoms with Gasteiger partial charge >= 0.3 is 0 Å². The number of para-hydroxylation sites is 3. The van der Waals surface area contributed by atoms with Gasteiger partial charge in [0, 0.05) is 57.5 Å². The summed E-state index contributed by atoms with van der Waals surface area (Å²) in [7, 11) is 0. The van der Waals surface area contributed by atoms with Crippen LogP contribution in [-0.2, 0) is 20.1 Å². The second kappa shape index (κ2) is 17.2. The van der Waals surface area contributed by atoms with E-state index in [1.54, 1.807) is 12.1 Å². The Labute approximate surface area is 377 Å². The Morgan fingerprint density at radius 1 is 0.574 bits per heavy atom. The number of fused-ring (bicyclic) bond motifs is 3. The van der Waals surface area contributed by atoms with Gasteiger partial charge in [-0.15, -0.1) is 35.4 Å². The van der Waals surface area contributed by atoms with Crippen molar-refractivity contribution in [2.75, 3.05) is 0 Å². The first-order valence-corrected chi connectivity index (χ1v) is 19.6. The number of benzene rings is 8. The summed E-state index contributed by atoms with van der Waals surface area (Å²) in [6.45, 7) is -4.34. The van der Waals surface area contributed by atoms with Crippen LogP contribution in [0, 0.1) is 26.0 Å². The minimum Gasteiger partial charge on any atom is -0.557 e. The van der Waals surface area contributed by atoms with Crippen LogP contribution in [0.2, 0.25) is 0 Å². The third-order valence-electron chi connectivity index (χ3n) is 10.7. The molecule has 11 aromatic rings. The van der Waals surface area contributed by atoms with Crippen molar-refractivity contribution >= 4 is 32.8 Å². The van der Waals surface area contributed by atoms with Crippen LogP contribution < -0.4 is 0 Å². The zero-order chi connectivity index (χ0) is 45.4. The average Bonchev–Trinajstić information content (AvgIpc) is 3.95. The van der Waals surface area contributed by atoms with Crippen molar-refractivity contribution in [3.05, 3.63) is 224 Å². The van der Waals surface area contributed by atoms with Crippen LogP contribution in [0.4, 0.5) is 0 Å². The third-order valence-corrected chi connectivity index (χ3v) is 10.7. The van der Waals surface area contributed by atoms with Crippen LogP contribution in [0.25, 0.3) is 94.5 Å². The van der Waals surface area contributed by atoms with E-state index in [9.17, 15) is 0 Å². The Hall–Kier alpha value is -7.17. The van der Waals surface area contributed by atoms with E-state index in [2.05, 4.69) is 174 Å². The second-order valence-electron chi connectivity index (χ2n) is 14.4. The predicted octanol–water partition coefficient (Wildman–Crippen LogP) is 14.6. The van der Waals surface area contributed by atoms with Crippen LogP contribution >= 0.6 is 0 Å². The fraction of sp³-hybridized carbons (Fsp3) is 0.0357. The average molecular weight is 968 g/mol. The summed E-state index contributed by atoms with van der Waals surface area (Å²) in [6.07, 6.45) is 4.58. The van der Waals surface area contributed by atoms with E-state index in [-0.39, 0.29) is 31.2 Å². The third kappa shape index (κ3) is 7.74. The van der Waals surface area contributed by atoms with E-state index < -0.39 is 13.7 Å². The van der Waals surface area contributed by atoms with Crippen LogP contribution in [-0.4, -0.2) is 14.5 Å². The number of imidazole rings is 1. The fourth-order valence-corrected chi connectivity index (χ4v) is 7.83. The number of pyridine rings is 1. The van der Waals surface area contributed by atoms with Gasteiger partial charge in [-0.1, -0.05) is 182 Å². The fourth-order valence-electron chi connectivity index (χ4n) is 7.83. The Morgan fingerprint density at radius 3 is 1.97 bits per heavy atom. The van der Waals surface area contributed by atoms with E-state index in [0.29, 0.717) is 11.3 Å². The molecule has 0 bridgehead atoms. The number of nitrogens with zero attached hydrogens (tertiary/aromatic N) is 3. The molecule has 0 aliphatic rings. The number of hydrogen-bond acceptors (Lipinski definition) is 3. The van der Waals surface area contributed by atoms with Gasteiger partial charge in [0.25, 0.3) is 0 Å². The molecule has 1 radical (unpaired) electrons. The van der Waals surface area contributed by atoms with Crippen molar-refractivity contribution in [1.29, 1.82) is 0 Å². The molecule has 0 N–H and O–H groups in total. The molecular formula is C56H39IrN3O-2. The standard InChI is InChI=1S/C43H27N2O.C13H12N.Ir/c1-3-13-30(14-4-1)35-21-12-22-36(31-15-5-2-6-16-31)42(35)45-40-24-10-9-23-39(40)44-43(45)38-28-46-41-26-25-32(27-37(38)41)34-20-11-18-29-17-7-8-19-33(29)34;1-10-3-6-12(7-4-10)13-8-5-11(2)9-14-13;/h1-27H;3-6,8-9H,1-2H3;/q2*-1;/i;1D3,2D3;. The van der Waals surface area contributed by atoms with Gasteiger partial charge in [-0.25, -0.2) is 0 Å². The number of aryl methyl sites for hydroxylation is 2. The molecule has 0 saturated heterocycles. The molecule has 0 saturated carbocycles. The molecule has 0 amide bonds. The van der Waals surface area contributed by atoms with E-state index in [1.807, 2.05) is 12.1 Å². The van der Waals surface area contributed by atoms with Gasteiger partial charge < -0.3 is 14.0 Å². The molecule has 0 fully saturated rings. The predicted molar refractivity (Wildman–Crippen MR) is 247 cm³/mol. The molecular weight excluding hydrogens is 923 g/mol. The van der Waals surface area contributed by atoms with Gasteiger partial charge in [-0.2, -0.15) is 0 Å². The molecule has 0 aliphatic carbocycles. The molecule has 295 valence electrons. The number of rotatable bonds is 6. The van der Waals surface area contributed by atoms with Gasteiger partial charge in [0.1, 0.15) is 0 Å². The van der Waals surface area contributed by atoms with Crippen molar-refractivity contribution in [1.82, 2.24) is 14.5 Å². The number of aromatic nitrogens is 3. The topological polar surface area (TPSA) is 43.9 Å². The van der Waals surface area contributed by atoms with E-state index in [4.69, 9.17) is 17.6 Å². The summed E-state index contributed by atoms with van der Waals surface area (Å²) in [6, 6.07) is 67.9. The molecule has 61 heavy (non-hydrogen) atoms. The monoisotopic (exact) mass is 968 g/mol. The largest absolute Gasteiger partial charge is 0.557 e. The minimum absolute atomic E-state index is 0. The Bertz CT molecular complexity index is 3370. The Morgan fingerprint density at radius 2 is 1.25 bits per heavy atom. The van der Waals surface area contributed by atoms with E-state index >= 15 is 0 Å². The van der Waals surface area contributed by atoms with Gasteiger partial charge in [0.05, 0.1) is 22.5 Å². The first-order valence-electron chi connectivity index (χ1n) is 22.6. The van der Waals surface area contributed by atoms with Crippen LogP contribution in [0.3, 0.4) is 0 Å². The van der Waals surface area contributed by atoms with Crippen molar-refractivity contribution in [3.8, 4) is 61.7 Å². The summed E-state index contributed by atoms with van der Waals surface area (Å²) in [5.74, 6) is 0.788. The zero-order valence-electron chi connectivity index (χ0n) is 38.6. The molecule has 5 heteroatoms. The second-order valence-corrected chi connectivity index (χ2v) is 14.4. The maximum absolute atomic E-state index is 7.28. The van der Waals surface area contributed by atoms with Crippen LogP contribution in [0.15, 0.2) is 205 Å². The minimum atomic E-state index is -2.18. The molecule has 0 aliphatic heterocycles.